The van der Waals surface area contributed by atoms with E-state index in [-0.39, 0.29) is 23.3 Å². The third-order valence-electron chi connectivity index (χ3n) is 4.65. The number of anilines is 1. The van der Waals surface area contributed by atoms with Crippen LogP contribution in [0.2, 0.25) is 0 Å². The highest BCUT2D eigenvalue weighted by Gasteiger charge is 2.34. The van der Waals surface area contributed by atoms with Gasteiger partial charge in [-0.3, -0.25) is 19.7 Å². The summed E-state index contributed by atoms with van der Waals surface area (Å²) in [7, 11) is 0. The van der Waals surface area contributed by atoms with Gasteiger partial charge in [-0.2, -0.15) is 0 Å². The second-order valence-corrected chi connectivity index (χ2v) is 6.46. The minimum absolute atomic E-state index is 0.0512. The van der Waals surface area contributed by atoms with Crippen molar-refractivity contribution < 1.29 is 14.5 Å². The highest BCUT2D eigenvalue weighted by molar-refractivity contribution is 5.95. The molecule has 24 heavy (non-hydrogen) atoms. The van der Waals surface area contributed by atoms with Crippen molar-refractivity contribution >= 4 is 23.1 Å². The van der Waals surface area contributed by atoms with Gasteiger partial charge < -0.3 is 9.80 Å². The average Bonchev–Trinajstić information content (AvgIpc) is 3.40. The number of rotatable bonds is 4. The maximum Gasteiger partial charge on any atom is 0.293 e. The van der Waals surface area contributed by atoms with Gasteiger partial charge in [-0.1, -0.05) is 0 Å². The minimum Gasteiger partial charge on any atom is -0.364 e. The Kier molecular flexibility index (Phi) is 4.51. The summed E-state index contributed by atoms with van der Waals surface area (Å²) in [6.07, 6.45) is 2.75. The topological polar surface area (TPSA) is 83.8 Å². The first-order valence-corrected chi connectivity index (χ1v) is 8.30. The van der Waals surface area contributed by atoms with Gasteiger partial charge in [0, 0.05) is 43.7 Å². The number of carbonyl (C=O) groups is 2. The third kappa shape index (κ3) is 3.39. The van der Waals surface area contributed by atoms with Crippen LogP contribution in [-0.4, -0.2) is 47.7 Å². The molecule has 7 heteroatoms. The Morgan fingerprint density at radius 1 is 1.17 bits per heavy atom. The molecule has 1 heterocycles. The zero-order chi connectivity index (χ0) is 17.3. The van der Waals surface area contributed by atoms with Crippen molar-refractivity contribution in [2.45, 2.75) is 26.2 Å². The Labute approximate surface area is 140 Å². The molecule has 1 aliphatic heterocycles. The molecule has 2 aliphatic rings. The summed E-state index contributed by atoms with van der Waals surface area (Å²) < 4.78 is 0. The average molecular weight is 331 g/mol. The summed E-state index contributed by atoms with van der Waals surface area (Å²) in [5.41, 5.74) is 0.807. The molecule has 1 saturated carbocycles. The Hall–Kier alpha value is -2.44. The van der Waals surface area contributed by atoms with E-state index >= 15 is 0 Å². The number of Topliss-reactive ketones (excluding diaryl/α,β-unsaturated/α-hetero) is 1. The lowest BCUT2D eigenvalue weighted by molar-refractivity contribution is -0.384. The maximum absolute atomic E-state index is 12.2. The first-order chi connectivity index (χ1) is 11.5. The fraction of sp³-hybridized carbons (Fsp3) is 0.529. The lowest BCUT2D eigenvalue weighted by atomic mass is 10.1. The van der Waals surface area contributed by atoms with Gasteiger partial charge in [-0.05, 0) is 38.3 Å². The van der Waals surface area contributed by atoms with Crippen LogP contribution in [0.15, 0.2) is 18.2 Å². The van der Waals surface area contributed by atoms with Gasteiger partial charge >= 0.3 is 0 Å². The Morgan fingerprint density at radius 2 is 1.92 bits per heavy atom. The van der Waals surface area contributed by atoms with Crippen LogP contribution in [0.1, 0.15) is 36.5 Å². The molecule has 0 atom stereocenters. The summed E-state index contributed by atoms with van der Waals surface area (Å²) in [6.45, 7) is 3.91. The Morgan fingerprint density at radius 3 is 2.54 bits per heavy atom. The van der Waals surface area contributed by atoms with Crippen LogP contribution in [0.3, 0.4) is 0 Å². The van der Waals surface area contributed by atoms with Gasteiger partial charge in [-0.15, -0.1) is 0 Å². The van der Waals surface area contributed by atoms with Gasteiger partial charge in [-0.25, -0.2) is 0 Å². The van der Waals surface area contributed by atoms with Gasteiger partial charge in [0.25, 0.3) is 5.69 Å². The first kappa shape index (κ1) is 16.4. The minimum atomic E-state index is -0.445. The van der Waals surface area contributed by atoms with Crippen LogP contribution < -0.4 is 4.90 Å². The predicted molar refractivity (Wildman–Crippen MR) is 89.2 cm³/mol. The number of nitrogens with zero attached hydrogens (tertiary/aromatic N) is 3. The number of nitro groups is 1. The molecular formula is C17H21N3O4. The quantitative estimate of drug-likeness (QED) is 0.480. The van der Waals surface area contributed by atoms with E-state index in [9.17, 15) is 19.7 Å². The van der Waals surface area contributed by atoms with Crippen molar-refractivity contribution in [3.63, 3.8) is 0 Å². The van der Waals surface area contributed by atoms with Crippen molar-refractivity contribution in [2.24, 2.45) is 5.92 Å². The van der Waals surface area contributed by atoms with E-state index in [1.54, 1.807) is 12.1 Å². The number of hydrogen-bond acceptors (Lipinski definition) is 5. The van der Waals surface area contributed by atoms with Crippen LogP contribution in [0.25, 0.3) is 0 Å². The number of nitro benzene ring substituents is 1. The van der Waals surface area contributed by atoms with Crippen molar-refractivity contribution in [1.82, 2.24) is 4.90 Å². The summed E-state index contributed by atoms with van der Waals surface area (Å²) in [5, 5.41) is 11.4. The molecule has 2 fully saturated rings. The van der Waals surface area contributed by atoms with Crippen LogP contribution in [0.4, 0.5) is 11.4 Å². The fourth-order valence-corrected chi connectivity index (χ4v) is 3.12. The molecule has 0 radical (unpaired) electrons. The lowest BCUT2D eigenvalue weighted by Gasteiger charge is -2.23. The second-order valence-electron chi connectivity index (χ2n) is 6.46. The summed E-state index contributed by atoms with van der Waals surface area (Å²) in [4.78, 5) is 38.5. The van der Waals surface area contributed by atoms with E-state index in [1.807, 2.05) is 9.80 Å². The van der Waals surface area contributed by atoms with E-state index in [2.05, 4.69) is 0 Å². The smallest absolute Gasteiger partial charge is 0.293 e. The fourth-order valence-electron chi connectivity index (χ4n) is 3.12. The predicted octanol–water partition coefficient (Wildman–Crippen LogP) is 2.25. The van der Waals surface area contributed by atoms with Crippen molar-refractivity contribution in [2.75, 3.05) is 31.1 Å². The molecule has 1 aromatic rings. The number of hydrogen-bond donors (Lipinski definition) is 0. The van der Waals surface area contributed by atoms with Crippen molar-refractivity contribution in [3.05, 3.63) is 33.9 Å². The molecule has 7 nitrogen and oxygen atoms in total. The first-order valence-electron chi connectivity index (χ1n) is 8.30. The summed E-state index contributed by atoms with van der Waals surface area (Å²) in [6, 6.07) is 4.62. The molecular weight excluding hydrogens is 310 g/mol. The molecule has 128 valence electrons. The van der Waals surface area contributed by atoms with E-state index in [1.165, 1.54) is 13.0 Å². The molecule has 0 bridgehead atoms. The standard InChI is InChI=1S/C17H21N3O4/c1-12(21)14-5-6-15(16(11-14)20(23)24)18-7-2-8-19(10-9-18)17(22)13-3-4-13/h5-6,11,13H,2-4,7-10H2,1H3. The molecule has 0 N–H and O–H groups in total. The summed E-state index contributed by atoms with van der Waals surface area (Å²) >= 11 is 0. The zero-order valence-electron chi connectivity index (χ0n) is 13.7. The number of amides is 1. The molecule has 1 aromatic carbocycles. The number of carbonyl (C=O) groups excluding carboxylic acids is 2. The largest absolute Gasteiger partial charge is 0.364 e. The molecule has 3 rings (SSSR count). The normalized spacial score (nSPS) is 18.2. The molecule has 1 saturated heterocycles. The van der Waals surface area contributed by atoms with Gasteiger partial charge in [0.1, 0.15) is 5.69 Å². The molecule has 1 amide bonds. The van der Waals surface area contributed by atoms with E-state index in [0.29, 0.717) is 37.4 Å². The Bertz CT molecular complexity index is 684. The second kappa shape index (κ2) is 6.59. The number of benzene rings is 1. The SMILES string of the molecule is CC(=O)c1ccc(N2CCCN(C(=O)C3CC3)CC2)c([N+](=O)[O-])c1. The van der Waals surface area contributed by atoms with E-state index < -0.39 is 4.92 Å². The molecule has 0 unspecified atom stereocenters. The van der Waals surface area contributed by atoms with Crippen LogP contribution in [0.5, 0.6) is 0 Å². The van der Waals surface area contributed by atoms with Crippen molar-refractivity contribution in [3.8, 4) is 0 Å². The van der Waals surface area contributed by atoms with Crippen LogP contribution in [0, 0.1) is 16.0 Å². The van der Waals surface area contributed by atoms with Gasteiger partial charge in [0.2, 0.25) is 5.91 Å². The third-order valence-corrected chi connectivity index (χ3v) is 4.65. The maximum atomic E-state index is 12.2. The van der Waals surface area contributed by atoms with Crippen LogP contribution in [-0.2, 0) is 4.79 Å². The van der Waals surface area contributed by atoms with Gasteiger partial charge in [0.05, 0.1) is 4.92 Å². The zero-order valence-corrected chi connectivity index (χ0v) is 13.7. The molecule has 1 aliphatic carbocycles. The monoisotopic (exact) mass is 331 g/mol. The summed E-state index contributed by atoms with van der Waals surface area (Å²) in [5.74, 6) is 0.223. The van der Waals surface area contributed by atoms with E-state index in [0.717, 1.165) is 19.3 Å². The Balaban J connectivity index is 1.79. The van der Waals surface area contributed by atoms with E-state index in [4.69, 9.17) is 0 Å². The highest BCUT2D eigenvalue weighted by atomic mass is 16.6. The van der Waals surface area contributed by atoms with Crippen molar-refractivity contribution in [1.29, 1.82) is 0 Å². The number of ketones is 1. The van der Waals surface area contributed by atoms with Gasteiger partial charge in [0.15, 0.2) is 5.78 Å². The molecule has 0 spiro atoms. The highest BCUT2D eigenvalue weighted by Crippen LogP contribution is 2.33. The lowest BCUT2D eigenvalue weighted by Crippen LogP contribution is -2.36. The molecule has 0 aromatic heterocycles. The van der Waals surface area contributed by atoms with Crippen LogP contribution >= 0.6 is 0 Å².